The Balaban J connectivity index is 2.45. The molecule has 0 unspecified atom stereocenters. The third-order valence-corrected chi connectivity index (χ3v) is 4.68. The second-order valence-electron chi connectivity index (χ2n) is 3.73. The highest BCUT2D eigenvalue weighted by Crippen LogP contribution is 2.57. The molecule has 5 nitrogen and oxygen atoms in total. The molecule has 20 heavy (non-hydrogen) atoms. The second kappa shape index (κ2) is 6.15. The summed E-state index contributed by atoms with van der Waals surface area (Å²) in [6.07, 6.45) is 2.09. The number of carbonyl (C=O) groups excluding carboxylic acids is 3. The summed E-state index contributed by atoms with van der Waals surface area (Å²) in [6, 6.07) is 3.13. The lowest BCUT2D eigenvalue weighted by Gasteiger charge is -2.09. The molecule has 1 aromatic carbocycles. The van der Waals surface area contributed by atoms with Crippen molar-refractivity contribution >= 4 is 41.7 Å². The molecule has 0 N–H and O–H groups in total. The molecule has 1 heterocycles. The van der Waals surface area contributed by atoms with Gasteiger partial charge in [0, 0.05) is 13.8 Å². The average Bonchev–Trinajstić information content (AvgIpc) is 2.76. The lowest BCUT2D eigenvalue weighted by atomic mass is 10.3. The molecule has 0 aliphatic carbocycles. The van der Waals surface area contributed by atoms with Gasteiger partial charge in [-0.2, -0.15) is 0 Å². The Labute approximate surface area is 123 Å². The van der Waals surface area contributed by atoms with Gasteiger partial charge in [0.15, 0.2) is 0 Å². The van der Waals surface area contributed by atoms with Crippen molar-refractivity contribution in [1.29, 1.82) is 0 Å². The molecule has 0 fully saturated rings. The van der Waals surface area contributed by atoms with Crippen LogP contribution in [0.5, 0.6) is 11.5 Å². The molecular formula is C13H10O5S2. The number of aldehydes is 1. The van der Waals surface area contributed by atoms with Gasteiger partial charge in [0.2, 0.25) is 0 Å². The lowest BCUT2D eigenvalue weighted by Crippen LogP contribution is -2.05. The Bertz CT molecular complexity index is 574. The fraction of sp³-hybridized carbons (Fsp3) is 0.154. The smallest absolute Gasteiger partial charge is 0.308 e. The van der Waals surface area contributed by atoms with Crippen molar-refractivity contribution in [3.63, 3.8) is 0 Å². The molecule has 1 aliphatic heterocycles. The van der Waals surface area contributed by atoms with Gasteiger partial charge < -0.3 is 9.47 Å². The molecule has 0 spiro atoms. The lowest BCUT2D eigenvalue weighted by molar-refractivity contribution is -0.133. The van der Waals surface area contributed by atoms with Crippen molar-refractivity contribution in [2.45, 2.75) is 23.6 Å². The van der Waals surface area contributed by atoms with Crippen LogP contribution in [-0.4, -0.2) is 18.2 Å². The molecule has 0 radical (unpaired) electrons. The van der Waals surface area contributed by atoms with Crippen LogP contribution in [0.1, 0.15) is 13.8 Å². The van der Waals surface area contributed by atoms with E-state index in [0.29, 0.717) is 27.6 Å². The van der Waals surface area contributed by atoms with Crippen molar-refractivity contribution < 1.29 is 23.9 Å². The predicted molar refractivity (Wildman–Crippen MR) is 74.9 cm³/mol. The van der Waals surface area contributed by atoms with E-state index in [4.69, 9.17) is 9.47 Å². The summed E-state index contributed by atoms with van der Waals surface area (Å²) in [4.78, 5) is 34.1. The summed E-state index contributed by atoms with van der Waals surface area (Å²) in [5.74, 6) is -0.109. The highest BCUT2D eigenvalue weighted by atomic mass is 32.2. The van der Waals surface area contributed by atoms with Gasteiger partial charge in [-0.15, -0.1) is 0 Å². The van der Waals surface area contributed by atoms with Gasteiger partial charge in [-0.05, 0) is 18.2 Å². The highest BCUT2D eigenvalue weighted by molar-refractivity contribution is 8.24. The second-order valence-corrected chi connectivity index (χ2v) is 6.10. The monoisotopic (exact) mass is 310 g/mol. The van der Waals surface area contributed by atoms with E-state index in [1.54, 1.807) is 12.1 Å². The number of thioether (sulfide) groups is 2. The fourth-order valence-electron chi connectivity index (χ4n) is 1.54. The maximum Gasteiger partial charge on any atom is 0.308 e. The maximum atomic E-state index is 11.1. The Morgan fingerprint density at radius 2 is 1.45 bits per heavy atom. The first-order valence-electron chi connectivity index (χ1n) is 5.56. The molecule has 0 bridgehead atoms. The number of fused-ring (bicyclic) bond motifs is 1. The van der Waals surface area contributed by atoms with Crippen molar-refractivity contribution in [3.05, 3.63) is 22.4 Å². The third-order valence-electron chi connectivity index (χ3n) is 2.16. The summed E-state index contributed by atoms with van der Waals surface area (Å²) < 4.78 is 11.0. The minimum atomic E-state index is -0.439. The van der Waals surface area contributed by atoms with E-state index < -0.39 is 11.9 Å². The SMILES string of the molecule is CC(=O)Oc1ccc(OC(C)=O)c2c1SC(=CC=O)S2. The Morgan fingerprint density at radius 3 is 1.80 bits per heavy atom. The third kappa shape index (κ3) is 3.23. The average molecular weight is 310 g/mol. The van der Waals surface area contributed by atoms with Crippen LogP contribution in [0.3, 0.4) is 0 Å². The van der Waals surface area contributed by atoms with E-state index in [0.717, 1.165) is 4.24 Å². The molecule has 104 valence electrons. The molecule has 0 aromatic heterocycles. The molecule has 7 heteroatoms. The number of ether oxygens (including phenoxy) is 2. The van der Waals surface area contributed by atoms with Crippen molar-refractivity contribution in [1.82, 2.24) is 0 Å². The Kier molecular flexibility index (Phi) is 4.51. The normalized spacial score (nSPS) is 12.6. The van der Waals surface area contributed by atoms with Crippen LogP contribution >= 0.6 is 23.5 Å². The fourth-order valence-corrected chi connectivity index (χ4v) is 3.91. The van der Waals surface area contributed by atoms with Crippen molar-refractivity contribution in [3.8, 4) is 11.5 Å². The minimum absolute atomic E-state index is 0.384. The zero-order valence-corrected chi connectivity index (χ0v) is 12.3. The first kappa shape index (κ1) is 14.7. The first-order valence-corrected chi connectivity index (χ1v) is 7.19. The summed E-state index contributed by atoms with van der Waals surface area (Å²) in [6.45, 7) is 2.61. The minimum Gasteiger partial charge on any atom is -0.425 e. The van der Waals surface area contributed by atoms with Crippen LogP contribution in [0.25, 0.3) is 0 Å². The summed E-state index contributed by atoms with van der Waals surface area (Å²) in [5, 5.41) is 0. The number of hydrogen-bond acceptors (Lipinski definition) is 7. The Hall–Kier alpha value is -1.73. The van der Waals surface area contributed by atoms with Crippen LogP contribution in [0.4, 0.5) is 0 Å². The summed E-state index contributed by atoms with van der Waals surface area (Å²) >= 11 is 2.59. The molecule has 0 amide bonds. The number of hydrogen-bond donors (Lipinski definition) is 0. The molecule has 0 saturated carbocycles. The number of rotatable bonds is 3. The Morgan fingerprint density at radius 1 is 1.00 bits per heavy atom. The van der Waals surface area contributed by atoms with Gasteiger partial charge in [-0.3, -0.25) is 14.4 Å². The molecule has 0 saturated heterocycles. The number of benzene rings is 1. The topological polar surface area (TPSA) is 69.7 Å². The van der Waals surface area contributed by atoms with Gasteiger partial charge >= 0.3 is 11.9 Å². The number of allylic oxidation sites excluding steroid dienone is 1. The largest absolute Gasteiger partial charge is 0.425 e. The number of carbonyl (C=O) groups is 3. The predicted octanol–water partition coefficient (Wildman–Crippen LogP) is 2.78. The highest BCUT2D eigenvalue weighted by Gasteiger charge is 2.27. The molecule has 0 atom stereocenters. The van der Waals surface area contributed by atoms with Crippen molar-refractivity contribution in [2.75, 3.05) is 0 Å². The molecular weight excluding hydrogens is 300 g/mol. The maximum absolute atomic E-state index is 11.1. The van der Waals surface area contributed by atoms with E-state index in [9.17, 15) is 14.4 Å². The van der Waals surface area contributed by atoms with Crippen LogP contribution in [0, 0.1) is 0 Å². The van der Waals surface area contributed by atoms with Gasteiger partial charge in [0.25, 0.3) is 0 Å². The van der Waals surface area contributed by atoms with Crippen LogP contribution in [0.2, 0.25) is 0 Å². The van der Waals surface area contributed by atoms with Gasteiger partial charge in [0.1, 0.15) is 17.8 Å². The van der Waals surface area contributed by atoms with Gasteiger partial charge in [-0.1, -0.05) is 23.5 Å². The van der Waals surface area contributed by atoms with Crippen LogP contribution < -0.4 is 9.47 Å². The van der Waals surface area contributed by atoms with E-state index >= 15 is 0 Å². The van der Waals surface area contributed by atoms with E-state index in [1.165, 1.54) is 43.4 Å². The summed E-state index contributed by atoms with van der Waals surface area (Å²) in [7, 11) is 0. The van der Waals surface area contributed by atoms with Crippen LogP contribution in [-0.2, 0) is 14.4 Å². The quantitative estimate of drug-likeness (QED) is 0.368. The number of esters is 2. The molecule has 1 aromatic rings. The van der Waals surface area contributed by atoms with E-state index in [1.807, 2.05) is 0 Å². The zero-order chi connectivity index (χ0) is 14.7. The van der Waals surface area contributed by atoms with Crippen molar-refractivity contribution in [2.24, 2.45) is 0 Å². The van der Waals surface area contributed by atoms with E-state index in [2.05, 4.69) is 0 Å². The van der Waals surface area contributed by atoms with Gasteiger partial charge in [0.05, 0.1) is 14.0 Å². The zero-order valence-electron chi connectivity index (χ0n) is 10.7. The molecule has 1 aliphatic rings. The standard InChI is InChI=1S/C13H10O5S2/c1-7(15)17-9-3-4-10(18-8(2)16)13-12(9)19-11(20-13)5-6-14/h3-6H,1-2H3. The van der Waals surface area contributed by atoms with Gasteiger partial charge in [-0.25, -0.2) is 0 Å². The van der Waals surface area contributed by atoms with E-state index in [-0.39, 0.29) is 0 Å². The first-order chi connectivity index (χ1) is 9.51. The van der Waals surface area contributed by atoms with Crippen LogP contribution in [0.15, 0.2) is 32.2 Å². The summed E-state index contributed by atoms with van der Waals surface area (Å²) in [5.41, 5.74) is 0. The molecule has 2 rings (SSSR count).